The predicted octanol–water partition coefficient (Wildman–Crippen LogP) is 3.23. The quantitative estimate of drug-likeness (QED) is 0.679. The Hall–Kier alpha value is -2.89. The number of aryl methyl sites for hydroxylation is 2. The van der Waals surface area contributed by atoms with E-state index in [4.69, 9.17) is 4.74 Å². The summed E-state index contributed by atoms with van der Waals surface area (Å²) in [7, 11) is 0. The predicted molar refractivity (Wildman–Crippen MR) is 83.1 cm³/mol. The first-order valence-corrected chi connectivity index (χ1v) is 6.70. The van der Waals surface area contributed by atoms with E-state index in [0.29, 0.717) is 11.3 Å². The molecular weight excluding hydrogens is 284 g/mol. The molecule has 6 nitrogen and oxygen atoms in total. The van der Waals surface area contributed by atoms with Crippen molar-refractivity contribution in [3.05, 3.63) is 63.7 Å². The Labute approximate surface area is 127 Å². The van der Waals surface area contributed by atoms with Crippen LogP contribution in [0.4, 0.5) is 11.4 Å². The monoisotopic (exact) mass is 300 g/mol. The number of nitrogens with one attached hydrogen (secondary N) is 1. The Morgan fingerprint density at radius 1 is 1.18 bits per heavy atom. The van der Waals surface area contributed by atoms with Gasteiger partial charge in [0.25, 0.3) is 11.6 Å². The molecule has 1 N–H and O–H groups in total. The molecule has 0 heterocycles. The van der Waals surface area contributed by atoms with Gasteiger partial charge < -0.3 is 10.1 Å². The molecule has 0 fully saturated rings. The van der Waals surface area contributed by atoms with Gasteiger partial charge in [-0.05, 0) is 37.6 Å². The number of carbonyl (C=O) groups excluding carboxylic acids is 1. The van der Waals surface area contributed by atoms with Gasteiger partial charge in [0, 0.05) is 11.3 Å². The van der Waals surface area contributed by atoms with Crippen molar-refractivity contribution in [3.8, 4) is 5.75 Å². The van der Waals surface area contributed by atoms with Gasteiger partial charge in [0.1, 0.15) is 5.75 Å². The van der Waals surface area contributed by atoms with Crippen LogP contribution in [0.2, 0.25) is 0 Å². The first kappa shape index (κ1) is 15.5. The number of nitrogens with zero attached hydrogens (tertiary/aromatic N) is 1. The van der Waals surface area contributed by atoms with Gasteiger partial charge in [-0.2, -0.15) is 0 Å². The number of nitro benzene ring substituents is 1. The molecule has 0 unspecified atom stereocenters. The fraction of sp³-hybridized carbons (Fsp3) is 0.188. The summed E-state index contributed by atoms with van der Waals surface area (Å²) in [5.74, 6) is -0.0326. The number of nitro groups is 1. The van der Waals surface area contributed by atoms with Gasteiger partial charge in [0.2, 0.25) is 0 Å². The number of ether oxygens (including phenoxy) is 1. The number of rotatable bonds is 5. The Balaban J connectivity index is 1.98. The molecule has 1 amide bonds. The van der Waals surface area contributed by atoms with Gasteiger partial charge in [-0.1, -0.05) is 18.2 Å². The van der Waals surface area contributed by atoms with E-state index < -0.39 is 4.92 Å². The van der Waals surface area contributed by atoms with Gasteiger partial charge in [-0.3, -0.25) is 14.9 Å². The maximum absolute atomic E-state index is 11.9. The molecular formula is C16H16N2O4. The highest BCUT2D eigenvalue weighted by Crippen LogP contribution is 2.23. The molecule has 2 aromatic rings. The molecule has 0 aliphatic heterocycles. The van der Waals surface area contributed by atoms with Crippen LogP contribution in [0, 0.1) is 24.0 Å². The van der Waals surface area contributed by atoms with Crippen molar-refractivity contribution in [3.63, 3.8) is 0 Å². The third kappa shape index (κ3) is 3.82. The van der Waals surface area contributed by atoms with Crippen molar-refractivity contribution < 1.29 is 14.5 Å². The van der Waals surface area contributed by atoms with E-state index in [-0.39, 0.29) is 24.0 Å². The topological polar surface area (TPSA) is 81.5 Å². The summed E-state index contributed by atoms with van der Waals surface area (Å²) < 4.78 is 5.31. The van der Waals surface area contributed by atoms with Crippen LogP contribution in [0.3, 0.4) is 0 Å². The highest BCUT2D eigenvalue weighted by Gasteiger charge is 2.12. The van der Waals surface area contributed by atoms with Gasteiger partial charge >= 0.3 is 0 Å². The molecule has 0 saturated carbocycles. The van der Waals surface area contributed by atoms with E-state index >= 15 is 0 Å². The maximum Gasteiger partial charge on any atom is 0.276 e. The van der Waals surface area contributed by atoms with Crippen molar-refractivity contribution in [2.75, 3.05) is 11.9 Å². The zero-order chi connectivity index (χ0) is 16.1. The number of para-hydroxylation sites is 1. The molecule has 0 radical (unpaired) electrons. The standard InChI is InChI=1S/C16H16N2O4/c1-11-5-3-4-6-14(11)17-16(19)10-22-13-8-7-12(2)15(9-13)18(20)21/h3-9H,10H2,1-2H3,(H,17,19). The van der Waals surface area contributed by atoms with E-state index in [9.17, 15) is 14.9 Å². The number of carbonyl (C=O) groups is 1. The van der Waals surface area contributed by atoms with Gasteiger partial charge in [-0.25, -0.2) is 0 Å². The summed E-state index contributed by atoms with van der Waals surface area (Å²) in [6.07, 6.45) is 0. The maximum atomic E-state index is 11.9. The first-order valence-electron chi connectivity index (χ1n) is 6.70. The minimum absolute atomic E-state index is 0.0307. The molecule has 0 bridgehead atoms. The average Bonchev–Trinajstić information content (AvgIpc) is 2.48. The molecule has 2 rings (SSSR count). The molecule has 22 heavy (non-hydrogen) atoms. The number of hydrogen-bond acceptors (Lipinski definition) is 4. The summed E-state index contributed by atoms with van der Waals surface area (Å²) in [6.45, 7) is 3.32. The second kappa shape index (κ2) is 6.71. The number of anilines is 1. The van der Waals surface area contributed by atoms with Gasteiger partial charge in [-0.15, -0.1) is 0 Å². The number of benzene rings is 2. The van der Waals surface area contributed by atoms with Gasteiger partial charge in [0.15, 0.2) is 6.61 Å². The average molecular weight is 300 g/mol. The van der Waals surface area contributed by atoms with Crippen LogP contribution in [0.5, 0.6) is 5.75 Å². The van der Waals surface area contributed by atoms with Crippen LogP contribution in [-0.2, 0) is 4.79 Å². The van der Waals surface area contributed by atoms with Crippen molar-refractivity contribution in [1.82, 2.24) is 0 Å². The summed E-state index contributed by atoms with van der Waals surface area (Å²) >= 11 is 0. The Morgan fingerprint density at radius 3 is 2.59 bits per heavy atom. The van der Waals surface area contributed by atoms with E-state index in [1.54, 1.807) is 25.1 Å². The van der Waals surface area contributed by atoms with Gasteiger partial charge in [0.05, 0.1) is 11.0 Å². The molecule has 2 aromatic carbocycles. The normalized spacial score (nSPS) is 10.1. The third-order valence-electron chi connectivity index (χ3n) is 3.17. The van der Waals surface area contributed by atoms with Crippen molar-refractivity contribution in [2.24, 2.45) is 0 Å². The minimum Gasteiger partial charge on any atom is -0.484 e. The molecule has 6 heteroatoms. The minimum atomic E-state index is -0.477. The lowest BCUT2D eigenvalue weighted by Crippen LogP contribution is -2.20. The summed E-state index contributed by atoms with van der Waals surface area (Å²) in [4.78, 5) is 22.2. The highest BCUT2D eigenvalue weighted by atomic mass is 16.6. The lowest BCUT2D eigenvalue weighted by Gasteiger charge is -2.09. The highest BCUT2D eigenvalue weighted by molar-refractivity contribution is 5.92. The molecule has 0 aliphatic rings. The number of amides is 1. The lowest BCUT2D eigenvalue weighted by atomic mass is 10.2. The Kier molecular flexibility index (Phi) is 4.73. The molecule has 0 spiro atoms. The van der Waals surface area contributed by atoms with Crippen molar-refractivity contribution >= 4 is 17.3 Å². The Bertz CT molecular complexity index is 713. The molecule has 0 aliphatic carbocycles. The van der Waals surface area contributed by atoms with E-state index in [1.807, 2.05) is 25.1 Å². The van der Waals surface area contributed by atoms with Crippen LogP contribution in [-0.4, -0.2) is 17.4 Å². The van der Waals surface area contributed by atoms with E-state index in [0.717, 1.165) is 5.56 Å². The largest absolute Gasteiger partial charge is 0.484 e. The summed E-state index contributed by atoms with van der Waals surface area (Å²) in [5.41, 5.74) is 2.17. The summed E-state index contributed by atoms with van der Waals surface area (Å²) in [5, 5.41) is 13.6. The smallest absolute Gasteiger partial charge is 0.276 e. The van der Waals surface area contributed by atoms with Crippen LogP contribution >= 0.6 is 0 Å². The fourth-order valence-corrected chi connectivity index (χ4v) is 1.92. The van der Waals surface area contributed by atoms with Crippen molar-refractivity contribution in [1.29, 1.82) is 0 Å². The zero-order valence-electron chi connectivity index (χ0n) is 12.3. The Morgan fingerprint density at radius 2 is 1.91 bits per heavy atom. The number of hydrogen-bond donors (Lipinski definition) is 1. The van der Waals surface area contributed by atoms with Crippen LogP contribution in [0.15, 0.2) is 42.5 Å². The second-order valence-electron chi connectivity index (χ2n) is 4.86. The first-order chi connectivity index (χ1) is 10.5. The van der Waals surface area contributed by atoms with Crippen LogP contribution in [0.1, 0.15) is 11.1 Å². The van der Waals surface area contributed by atoms with Crippen LogP contribution in [0.25, 0.3) is 0 Å². The van der Waals surface area contributed by atoms with E-state index in [2.05, 4.69) is 5.32 Å². The van der Waals surface area contributed by atoms with Crippen molar-refractivity contribution in [2.45, 2.75) is 13.8 Å². The molecule has 114 valence electrons. The molecule has 0 atom stereocenters. The SMILES string of the molecule is Cc1ccccc1NC(=O)COc1ccc(C)c([N+](=O)[O-])c1. The molecule has 0 saturated heterocycles. The lowest BCUT2D eigenvalue weighted by molar-refractivity contribution is -0.385. The second-order valence-corrected chi connectivity index (χ2v) is 4.86. The third-order valence-corrected chi connectivity index (χ3v) is 3.17. The summed E-state index contributed by atoms with van der Waals surface area (Å²) in [6, 6.07) is 11.9. The molecule has 0 aromatic heterocycles. The zero-order valence-corrected chi connectivity index (χ0v) is 12.3. The van der Waals surface area contributed by atoms with Crippen LogP contribution < -0.4 is 10.1 Å². The fourth-order valence-electron chi connectivity index (χ4n) is 1.92. The van der Waals surface area contributed by atoms with E-state index in [1.165, 1.54) is 6.07 Å².